The molecule has 1 heterocycles. The Balaban J connectivity index is 1.91. The van der Waals surface area contributed by atoms with E-state index in [9.17, 15) is 9.59 Å². The number of hydrogen-bond donors (Lipinski definition) is 2. The zero-order valence-corrected chi connectivity index (χ0v) is 13.8. The number of pyridine rings is 1. The molecule has 0 spiro atoms. The van der Waals surface area contributed by atoms with Crippen LogP contribution in [0.4, 0.5) is 0 Å². The Morgan fingerprint density at radius 3 is 2.59 bits per heavy atom. The number of amides is 1. The van der Waals surface area contributed by atoms with Crippen LogP contribution in [0.2, 0.25) is 0 Å². The molecular formula is C17H20N2O2S. The minimum atomic E-state index is -0.135. The first-order valence-corrected chi connectivity index (χ1v) is 8.10. The fourth-order valence-electron chi connectivity index (χ4n) is 2.20. The van der Waals surface area contributed by atoms with E-state index < -0.39 is 0 Å². The average Bonchev–Trinajstić information content (AvgIpc) is 2.45. The largest absolute Gasteiger partial charge is 0.351 e. The van der Waals surface area contributed by atoms with Gasteiger partial charge in [0.05, 0.1) is 5.75 Å². The predicted molar refractivity (Wildman–Crippen MR) is 90.3 cm³/mol. The van der Waals surface area contributed by atoms with Crippen LogP contribution in [-0.4, -0.2) is 16.6 Å². The van der Waals surface area contributed by atoms with E-state index >= 15 is 0 Å². The molecule has 2 rings (SSSR count). The van der Waals surface area contributed by atoms with E-state index in [1.807, 2.05) is 51.1 Å². The molecule has 0 aliphatic rings. The molecule has 2 N–H and O–H groups in total. The summed E-state index contributed by atoms with van der Waals surface area (Å²) in [5.74, 6) is 0.265. The van der Waals surface area contributed by atoms with E-state index in [0.29, 0.717) is 11.3 Å². The second kappa shape index (κ2) is 7.31. The maximum Gasteiger partial charge on any atom is 0.253 e. The normalized spacial score (nSPS) is 10.5. The van der Waals surface area contributed by atoms with Crippen molar-refractivity contribution in [3.05, 3.63) is 63.1 Å². The van der Waals surface area contributed by atoms with Crippen molar-refractivity contribution in [1.82, 2.24) is 10.3 Å². The zero-order valence-electron chi connectivity index (χ0n) is 13.0. The Labute approximate surface area is 134 Å². The van der Waals surface area contributed by atoms with Gasteiger partial charge in [0, 0.05) is 22.7 Å². The second-order valence-electron chi connectivity index (χ2n) is 5.27. The molecule has 0 radical (unpaired) electrons. The highest BCUT2D eigenvalue weighted by atomic mass is 32.2. The molecule has 4 nitrogen and oxygen atoms in total. The monoisotopic (exact) mass is 316 g/mol. The van der Waals surface area contributed by atoms with Gasteiger partial charge in [-0.3, -0.25) is 9.59 Å². The topological polar surface area (TPSA) is 62.0 Å². The van der Waals surface area contributed by atoms with E-state index in [-0.39, 0.29) is 18.0 Å². The highest BCUT2D eigenvalue weighted by Crippen LogP contribution is 2.21. The van der Waals surface area contributed by atoms with Crippen molar-refractivity contribution in [3.8, 4) is 0 Å². The van der Waals surface area contributed by atoms with Crippen molar-refractivity contribution >= 4 is 17.7 Å². The molecule has 0 bridgehead atoms. The van der Waals surface area contributed by atoms with Gasteiger partial charge in [0.2, 0.25) is 5.91 Å². The van der Waals surface area contributed by atoms with Gasteiger partial charge in [-0.25, -0.2) is 0 Å². The molecule has 116 valence electrons. The van der Waals surface area contributed by atoms with Gasteiger partial charge in [-0.05, 0) is 44.0 Å². The van der Waals surface area contributed by atoms with Crippen LogP contribution in [0.3, 0.4) is 0 Å². The molecule has 0 aliphatic carbocycles. The first kappa shape index (κ1) is 16.4. The van der Waals surface area contributed by atoms with Gasteiger partial charge < -0.3 is 10.3 Å². The number of benzene rings is 1. The third kappa shape index (κ3) is 4.24. The van der Waals surface area contributed by atoms with Gasteiger partial charge in [-0.1, -0.05) is 18.2 Å². The Morgan fingerprint density at radius 1 is 1.18 bits per heavy atom. The highest BCUT2D eigenvalue weighted by molar-refractivity contribution is 8.00. The van der Waals surface area contributed by atoms with E-state index in [4.69, 9.17) is 0 Å². The number of hydrogen-bond acceptors (Lipinski definition) is 3. The highest BCUT2D eigenvalue weighted by Gasteiger charge is 2.08. The number of rotatable bonds is 5. The number of aromatic amines is 1. The summed E-state index contributed by atoms with van der Waals surface area (Å²) >= 11 is 1.50. The number of aromatic nitrogens is 1. The minimum absolute atomic E-state index is 0.0763. The van der Waals surface area contributed by atoms with Gasteiger partial charge in [0.1, 0.15) is 0 Å². The number of H-pyrrole nitrogens is 1. The van der Waals surface area contributed by atoms with Gasteiger partial charge in [-0.15, -0.1) is 11.8 Å². The van der Waals surface area contributed by atoms with Crippen molar-refractivity contribution in [2.75, 3.05) is 5.75 Å². The maximum atomic E-state index is 11.9. The van der Waals surface area contributed by atoms with Crippen molar-refractivity contribution in [2.24, 2.45) is 0 Å². The maximum absolute atomic E-state index is 11.9. The Morgan fingerprint density at radius 2 is 1.91 bits per heavy atom. The Bertz CT molecular complexity index is 738. The summed E-state index contributed by atoms with van der Waals surface area (Å²) in [6.45, 7) is 6.01. The lowest BCUT2D eigenvalue weighted by atomic mass is 10.1. The fourth-order valence-corrected chi connectivity index (χ4v) is 3.06. The molecule has 0 unspecified atom stereocenters. The molecular weight excluding hydrogens is 296 g/mol. The number of thioether (sulfide) groups is 1. The fraction of sp³-hybridized carbons (Fsp3) is 0.294. The standard InChI is InChI=1S/C17H20N2O2S/c1-11-6-4-5-7-15(11)22-10-16(20)18-9-14-12(2)8-13(3)19-17(14)21/h4-8H,9-10H2,1-3H3,(H,18,20)(H,19,21). The lowest BCUT2D eigenvalue weighted by Crippen LogP contribution is -2.29. The summed E-state index contributed by atoms with van der Waals surface area (Å²) in [6, 6.07) is 9.87. The number of nitrogens with one attached hydrogen (secondary N) is 2. The third-order valence-corrected chi connectivity index (χ3v) is 4.58. The lowest BCUT2D eigenvalue weighted by molar-refractivity contribution is -0.118. The molecule has 0 atom stereocenters. The molecule has 1 aromatic carbocycles. The van der Waals surface area contributed by atoms with Crippen LogP contribution >= 0.6 is 11.8 Å². The Kier molecular flexibility index (Phi) is 5.44. The molecule has 0 fully saturated rings. The third-order valence-electron chi connectivity index (χ3n) is 3.41. The van der Waals surface area contributed by atoms with E-state index in [1.54, 1.807) is 0 Å². The summed E-state index contributed by atoms with van der Waals surface area (Å²) in [6.07, 6.45) is 0. The smallest absolute Gasteiger partial charge is 0.253 e. The van der Waals surface area contributed by atoms with Crippen LogP contribution in [0.5, 0.6) is 0 Å². The Hall–Kier alpha value is -2.01. The van der Waals surface area contributed by atoms with Crippen LogP contribution in [0.25, 0.3) is 0 Å². The van der Waals surface area contributed by atoms with Crippen LogP contribution in [-0.2, 0) is 11.3 Å². The molecule has 0 saturated carbocycles. The van der Waals surface area contributed by atoms with E-state index in [2.05, 4.69) is 10.3 Å². The molecule has 1 aromatic heterocycles. The predicted octanol–water partition coefficient (Wildman–Crippen LogP) is 2.71. The molecule has 1 amide bonds. The summed E-state index contributed by atoms with van der Waals surface area (Å²) < 4.78 is 0. The number of carbonyl (C=O) groups is 1. The van der Waals surface area contributed by atoms with Crippen LogP contribution in [0.1, 0.15) is 22.4 Å². The first-order chi connectivity index (χ1) is 10.5. The van der Waals surface area contributed by atoms with Crippen molar-refractivity contribution in [1.29, 1.82) is 0 Å². The summed E-state index contributed by atoms with van der Waals surface area (Å²) in [5.41, 5.74) is 3.36. The average molecular weight is 316 g/mol. The summed E-state index contributed by atoms with van der Waals surface area (Å²) in [4.78, 5) is 27.7. The van der Waals surface area contributed by atoms with Crippen LogP contribution in [0.15, 0.2) is 40.0 Å². The van der Waals surface area contributed by atoms with Gasteiger partial charge >= 0.3 is 0 Å². The van der Waals surface area contributed by atoms with E-state index in [1.165, 1.54) is 11.8 Å². The molecule has 0 saturated heterocycles. The van der Waals surface area contributed by atoms with Crippen LogP contribution in [0, 0.1) is 20.8 Å². The minimum Gasteiger partial charge on any atom is -0.351 e. The molecule has 22 heavy (non-hydrogen) atoms. The SMILES string of the molecule is Cc1cc(C)c(CNC(=O)CSc2ccccc2C)c(=O)[nH]1. The molecule has 0 aliphatic heterocycles. The van der Waals surface area contributed by atoms with Crippen molar-refractivity contribution < 1.29 is 4.79 Å². The lowest BCUT2D eigenvalue weighted by Gasteiger charge is -2.09. The van der Waals surface area contributed by atoms with Gasteiger partial charge in [-0.2, -0.15) is 0 Å². The summed E-state index contributed by atoms with van der Waals surface area (Å²) in [5, 5.41) is 2.81. The summed E-state index contributed by atoms with van der Waals surface area (Å²) in [7, 11) is 0. The molecule has 2 aromatic rings. The second-order valence-corrected chi connectivity index (χ2v) is 6.29. The van der Waals surface area contributed by atoms with E-state index in [0.717, 1.165) is 21.7 Å². The quantitative estimate of drug-likeness (QED) is 0.834. The first-order valence-electron chi connectivity index (χ1n) is 7.12. The van der Waals surface area contributed by atoms with Crippen molar-refractivity contribution in [3.63, 3.8) is 0 Å². The van der Waals surface area contributed by atoms with Crippen LogP contribution < -0.4 is 10.9 Å². The van der Waals surface area contributed by atoms with Crippen molar-refractivity contribution in [2.45, 2.75) is 32.2 Å². The number of aryl methyl sites for hydroxylation is 3. The zero-order chi connectivity index (χ0) is 16.1. The molecule has 5 heteroatoms. The number of carbonyl (C=O) groups excluding carboxylic acids is 1. The van der Waals surface area contributed by atoms with Gasteiger partial charge in [0.15, 0.2) is 0 Å². The van der Waals surface area contributed by atoms with Gasteiger partial charge in [0.25, 0.3) is 5.56 Å².